The molecule has 110 valence electrons. The summed E-state index contributed by atoms with van der Waals surface area (Å²) in [5, 5.41) is 14.0. The van der Waals surface area contributed by atoms with E-state index in [1.54, 1.807) is 0 Å². The van der Waals surface area contributed by atoms with Crippen LogP contribution in [0.15, 0.2) is 46.9 Å². The second-order valence-corrected chi connectivity index (χ2v) is 5.59. The normalized spacial score (nSPS) is 12.0. The van der Waals surface area contributed by atoms with Crippen molar-refractivity contribution in [3.05, 3.63) is 68.4 Å². The molecule has 0 saturated carbocycles. The highest BCUT2D eigenvalue weighted by molar-refractivity contribution is 9.10. The van der Waals surface area contributed by atoms with Crippen molar-refractivity contribution in [2.24, 2.45) is 0 Å². The summed E-state index contributed by atoms with van der Waals surface area (Å²) in [5.41, 5.74) is 1.17. The second-order valence-electron chi connectivity index (χ2n) is 4.73. The lowest BCUT2D eigenvalue weighted by molar-refractivity contribution is -0.384. The van der Waals surface area contributed by atoms with E-state index in [-0.39, 0.29) is 16.1 Å². The molecule has 0 bridgehead atoms. The summed E-state index contributed by atoms with van der Waals surface area (Å²) in [6, 6.07) is 12.1. The average Bonchev–Trinajstić information content (AvgIpc) is 2.48. The molecule has 0 aliphatic rings. The number of benzene rings is 2. The molecule has 0 spiro atoms. The lowest BCUT2D eigenvalue weighted by atomic mass is 10.0. The summed E-state index contributed by atoms with van der Waals surface area (Å²) in [5.74, 6) is -0.474. The molecule has 2 aromatic carbocycles. The van der Waals surface area contributed by atoms with Crippen molar-refractivity contribution in [3.8, 4) is 0 Å². The minimum Gasteiger partial charge on any atom is -0.379 e. The van der Waals surface area contributed by atoms with Crippen LogP contribution in [0.3, 0.4) is 0 Å². The molecule has 21 heavy (non-hydrogen) atoms. The summed E-state index contributed by atoms with van der Waals surface area (Å²) in [7, 11) is 0. The van der Waals surface area contributed by atoms with Gasteiger partial charge in [0.15, 0.2) is 0 Å². The Labute approximate surface area is 130 Å². The van der Waals surface area contributed by atoms with Crippen molar-refractivity contribution in [1.29, 1.82) is 0 Å². The molecule has 0 aliphatic heterocycles. The maximum atomic E-state index is 13.4. The first-order valence-corrected chi connectivity index (χ1v) is 7.20. The number of anilines is 1. The zero-order valence-electron chi connectivity index (χ0n) is 11.3. The predicted octanol–water partition coefficient (Wildman–Crippen LogP) is 4.71. The zero-order chi connectivity index (χ0) is 15.4. The number of hydrogen-bond acceptors (Lipinski definition) is 3. The lowest BCUT2D eigenvalue weighted by Crippen LogP contribution is -2.11. The Morgan fingerprint density at radius 1 is 1.33 bits per heavy atom. The first-order valence-electron chi connectivity index (χ1n) is 6.41. The Balaban J connectivity index is 2.16. The minimum atomic E-state index is -0.650. The molecule has 1 unspecified atom stereocenters. The van der Waals surface area contributed by atoms with E-state index in [0.29, 0.717) is 12.2 Å². The van der Waals surface area contributed by atoms with Crippen molar-refractivity contribution in [2.75, 3.05) is 11.9 Å². The molecule has 0 aromatic heterocycles. The second kappa shape index (κ2) is 6.67. The SMILES string of the molecule is CC(CNc1cc(Br)c(F)cc1[N+](=O)[O-])c1ccccc1. The zero-order valence-corrected chi connectivity index (χ0v) is 12.9. The summed E-state index contributed by atoms with van der Waals surface area (Å²) in [6.45, 7) is 2.54. The number of nitro benzene ring substituents is 1. The van der Waals surface area contributed by atoms with Crippen molar-refractivity contribution in [2.45, 2.75) is 12.8 Å². The minimum absolute atomic E-state index is 0.176. The molecule has 0 amide bonds. The largest absolute Gasteiger partial charge is 0.379 e. The molecule has 6 heteroatoms. The van der Waals surface area contributed by atoms with Crippen molar-refractivity contribution < 1.29 is 9.31 Å². The van der Waals surface area contributed by atoms with Crippen molar-refractivity contribution in [3.63, 3.8) is 0 Å². The third-order valence-corrected chi connectivity index (χ3v) is 3.81. The Morgan fingerprint density at radius 3 is 2.62 bits per heavy atom. The average molecular weight is 353 g/mol. The number of halogens is 2. The van der Waals surface area contributed by atoms with Crippen LogP contribution in [0.2, 0.25) is 0 Å². The van der Waals surface area contributed by atoms with Gasteiger partial charge in [0, 0.05) is 6.54 Å². The summed E-state index contributed by atoms with van der Waals surface area (Å²) in [6.07, 6.45) is 0. The summed E-state index contributed by atoms with van der Waals surface area (Å²) in [4.78, 5) is 10.4. The Kier molecular flexibility index (Phi) is 4.90. The van der Waals surface area contributed by atoms with Crippen LogP contribution in [0.5, 0.6) is 0 Å². The van der Waals surface area contributed by atoms with Crippen LogP contribution in [0.25, 0.3) is 0 Å². The topological polar surface area (TPSA) is 55.2 Å². The van der Waals surface area contributed by atoms with Crippen LogP contribution in [0.1, 0.15) is 18.4 Å². The van der Waals surface area contributed by atoms with Gasteiger partial charge in [-0.2, -0.15) is 0 Å². The van der Waals surface area contributed by atoms with Gasteiger partial charge < -0.3 is 5.32 Å². The van der Waals surface area contributed by atoms with E-state index < -0.39 is 10.7 Å². The third-order valence-electron chi connectivity index (χ3n) is 3.20. The van der Waals surface area contributed by atoms with Gasteiger partial charge in [-0.1, -0.05) is 37.3 Å². The van der Waals surface area contributed by atoms with Gasteiger partial charge in [-0.25, -0.2) is 4.39 Å². The molecule has 1 N–H and O–H groups in total. The predicted molar refractivity (Wildman–Crippen MR) is 84.1 cm³/mol. The lowest BCUT2D eigenvalue weighted by Gasteiger charge is -2.14. The van der Waals surface area contributed by atoms with Gasteiger partial charge in [-0.15, -0.1) is 0 Å². The van der Waals surface area contributed by atoms with Gasteiger partial charge in [0.2, 0.25) is 0 Å². The van der Waals surface area contributed by atoms with Gasteiger partial charge in [0.05, 0.1) is 15.5 Å². The van der Waals surface area contributed by atoms with Gasteiger partial charge in [-0.3, -0.25) is 10.1 Å². The first kappa shape index (κ1) is 15.4. The van der Waals surface area contributed by atoms with Crippen LogP contribution >= 0.6 is 15.9 Å². The van der Waals surface area contributed by atoms with Crippen LogP contribution in [0, 0.1) is 15.9 Å². The van der Waals surface area contributed by atoms with Crippen LogP contribution in [0.4, 0.5) is 15.8 Å². The summed E-state index contributed by atoms with van der Waals surface area (Å²) < 4.78 is 13.6. The molecular formula is C15H14BrFN2O2. The fraction of sp³-hybridized carbons (Fsp3) is 0.200. The Morgan fingerprint density at radius 2 is 2.00 bits per heavy atom. The number of hydrogen-bond donors (Lipinski definition) is 1. The van der Waals surface area contributed by atoms with Crippen molar-refractivity contribution in [1.82, 2.24) is 0 Å². The number of rotatable bonds is 5. The van der Waals surface area contributed by atoms with E-state index in [9.17, 15) is 14.5 Å². The van der Waals surface area contributed by atoms with Crippen LogP contribution in [-0.4, -0.2) is 11.5 Å². The van der Waals surface area contributed by atoms with Gasteiger partial charge in [0.1, 0.15) is 11.5 Å². The molecule has 0 aliphatic carbocycles. The highest BCUT2D eigenvalue weighted by Crippen LogP contribution is 2.31. The van der Waals surface area contributed by atoms with Gasteiger partial charge in [0.25, 0.3) is 5.69 Å². The van der Waals surface area contributed by atoms with E-state index in [0.717, 1.165) is 11.6 Å². The fourth-order valence-electron chi connectivity index (χ4n) is 1.99. The summed E-state index contributed by atoms with van der Waals surface area (Å²) >= 11 is 3.04. The molecule has 0 radical (unpaired) electrons. The van der Waals surface area contributed by atoms with Crippen molar-refractivity contribution >= 4 is 27.3 Å². The fourth-order valence-corrected chi connectivity index (χ4v) is 2.33. The number of nitrogens with zero attached hydrogens (tertiary/aromatic N) is 1. The quantitative estimate of drug-likeness (QED) is 0.626. The van der Waals surface area contributed by atoms with Gasteiger partial charge in [-0.05, 0) is 33.5 Å². The molecule has 2 aromatic rings. The van der Waals surface area contributed by atoms with E-state index in [1.807, 2.05) is 37.3 Å². The highest BCUT2D eigenvalue weighted by Gasteiger charge is 2.18. The monoisotopic (exact) mass is 352 g/mol. The van der Waals surface area contributed by atoms with E-state index in [2.05, 4.69) is 21.2 Å². The highest BCUT2D eigenvalue weighted by atomic mass is 79.9. The van der Waals surface area contributed by atoms with E-state index in [1.165, 1.54) is 6.07 Å². The maximum absolute atomic E-state index is 13.4. The Hall–Kier alpha value is -1.95. The molecule has 0 saturated heterocycles. The van der Waals surface area contributed by atoms with Crippen LogP contribution in [-0.2, 0) is 0 Å². The van der Waals surface area contributed by atoms with Crippen LogP contribution < -0.4 is 5.32 Å². The molecular weight excluding hydrogens is 339 g/mol. The van der Waals surface area contributed by atoms with Gasteiger partial charge >= 0.3 is 0 Å². The third kappa shape index (κ3) is 3.78. The maximum Gasteiger partial charge on any atom is 0.295 e. The van der Waals surface area contributed by atoms with E-state index >= 15 is 0 Å². The Bertz CT molecular complexity index is 650. The van der Waals surface area contributed by atoms with E-state index in [4.69, 9.17) is 0 Å². The first-order chi connectivity index (χ1) is 9.99. The molecule has 0 heterocycles. The number of nitrogens with one attached hydrogen (secondary N) is 1. The molecule has 0 fully saturated rings. The molecule has 4 nitrogen and oxygen atoms in total. The smallest absolute Gasteiger partial charge is 0.295 e. The molecule has 1 atom stereocenters. The number of nitro groups is 1. The molecule has 2 rings (SSSR count). The standard InChI is InChI=1S/C15H14BrFN2O2/c1-10(11-5-3-2-4-6-11)9-18-14-7-12(16)13(17)8-15(14)19(20)21/h2-8,10,18H,9H2,1H3.